The molecule has 0 aliphatic heterocycles. The standard InChI is InChI=1S/C18H23NO.ClH/c1-3-14(2)18(19)16-9-11-17(12-10-16)20-13-15-7-5-4-6-8-15;/h4-12,14,18H,3,13,19H2,1-2H3;1H/t14?,18-;/m1./s1. The van der Waals surface area contributed by atoms with Crippen LogP contribution in [0.3, 0.4) is 0 Å². The molecule has 0 bridgehead atoms. The summed E-state index contributed by atoms with van der Waals surface area (Å²) in [4.78, 5) is 0. The zero-order chi connectivity index (χ0) is 14.4. The van der Waals surface area contributed by atoms with Crippen LogP contribution in [-0.2, 0) is 6.61 Å². The number of benzene rings is 2. The van der Waals surface area contributed by atoms with Crippen molar-refractivity contribution in [2.24, 2.45) is 11.7 Å². The van der Waals surface area contributed by atoms with Crippen molar-refractivity contribution in [3.8, 4) is 5.75 Å². The second kappa shape index (κ2) is 8.71. The average Bonchev–Trinajstić information content (AvgIpc) is 2.53. The van der Waals surface area contributed by atoms with E-state index in [0.717, 1.165) is 12.2 Å². The van der Waals surface area contributed by atoms with Crippen LogP contribution in [-0.4, -0.2) is 0 Å². The number of hydrogen-bond donors (Lipinski definition) is 1. The van der Waals surface area contributed by atoms with Gasteiger partial charge in [0.1, 0.15) is 12.4 Å². The van der Waals surface area contributed by atoms with Gasteiger partial charge in [-0.1, -0.05) is 62.7 Å². The average molecular weight is 306 g/mol. The summed E-state index contributed by atoms with van der Waals surface area (Å²) in [5, 5.41) is 0. The van der Waals surface area contributed by atoms with Crippen LogP contribution < -0.4 is 10.5 Å². The van der Waals surface area contributed by atoms with E-state index in [4.69, 9.17) is 10.5 Å². The molecule has 0 heterocycles. The van der Waals surface area contributed by atoms with E-state index in [2.05, 4.69) is 38.1 Å². The van der Waals surface area contributed by atoms with Gasteiger partial charge >= 0.3 is 0 Å². The predicted molar refractivity (Wildman–Crippen MR) is 90.8 cm³/mol. The maximum Gasteiger partial charge on any atom is 0.119 e. The van der Waals surface area contributed by atoms with Crippen LogP contribution in [0.1, 0.15) is 37.4 Å². The smallest absolute Gasteiger partial charge is 0.119 e. The van der Waals surface area contributed by atoms with Crippen LogP contribution in [0.25, 0.3) is 0 Å². The molecule has 3 heteroatoms. The Morgan fingerprint density at radius 2 is 1.62 bits per heavy atom. The minimum absolute atomic E-state index is 0. The van der Waals surface area contributed by atoms with Gasteiger partial charge in [-0.15, -0.1) is 12.4 Å². The lowest BCUT2D eigenvalue weighted by Crippen LogP contribution is -2.18. The van der Waals surface area contributed by atoms with Crippen LogP contribution >= 0.6 is 12.4 Å². The molecule has 0 saturated heterocycles. The largest absolute Gasteiger partial charge is 0.489 e. The van der Waals surface area contributed by atoms with Crippen molar-refractivity contribution < 1.29 is 4.74 Å². The number of rotatable bonds is 6. The van der Waals surface area contributed by atoms with E-state index in [9.17, 15) is 0 Å². The Morgan fingerprint density at radius 1 is 1.00 bits per heavy atom. The van der Waals surface area contributed by atoms with E-state index in [1.807, 2.05) is 30.3 Å². The van der Waals surface area contributed by atoms with Crippen LogP contribution in [0, 0.1) is 5.92 Å². The zero-order valence-electron chi connectivity index (χ0n) is 12.7. The first-order chi connectivity index (χ1) is 9.70. The predicted octanol–water partition coefficient (Wildman–Crippen LogP) is 4.73. The number of halogens is 1. The summed E-state index contributed by atoms with van der Waals surface area (Å²) in [6, 6.07) is 18.4. The molecular weight excluding hydrogens is 282 g/mol. The van der Waals surface area contributed by atoms with Crippen molar-refractivity contribution in [2.75, 3.05) is 0 Å². The molecule has 0 aliphatic carbocycles. The van der Waals surface area contributed by atoms with Gasteiger partial charge in [0.2, 0.25) is 0 Å². The fraction of sp³-hybridized carbons (Fsp3) is 0.333. The van der Waals surface area contributed by atoms with Gasteiger partial charge in [-0.3, -0.25) is 0 Å². The third kappa shape index (κ3) is 5.07. The van der Waals surface area contributed by atoms with E-state index >= 15 is 0 Å². The summed E-state index contributed by atoms with van der Waals surface area (Å²) in [5.74, 6) is 1.38. The van der Waals surface area contributed by atoms with Gasteiger partial charge in [0.15, 0.2) is 0 Å². The lowest BCUT2D eigenvalue weighted by atomic mass is 9.93. The molecule has 0 saturated carbocycles. The second-order valence-corrected chi connectivity index (χ2v) is 5.25. The lowest BCUT2D eigenvalue weighted by molar-refractivity contribution is 0.306. The van der Waals surface area contributed by atoms with Crippen LogP contribution in [0.2, 0.25) is 0 Å². The summed E-state index contributed by atoms with van der Waals surface area (Å²) in [6.45, 7) is 4.95. The fourth-order valence-corrected chi connectivity index (χ4v) is 2.11. The first kappa shape index (κ1) is 17.5. The highest BCUT2D eigenvalue weighted by Gasteiger charge is 2.12. The Hall–Kier alpha value is -1.51. The Morgan fingerprint density at radius 3 is 2.19 bits per heavy atom. The normalized spacial score (nSPS) is 13.1. The molecule has 0 aromatic heterocycles. The molecule has 2 aromatic carbocycles. The Labute approximate surface area is 133 Å². The van der Waals surface area contributed by atoms with Gasteiger partial charge in [-0.05, 0) is 29.2 Å². The molecule has 2 nitrogen and oxygen atoms in total. The third-order valence-electron chi connectivity index (χ3n) is 3.77. The Kier molecular flexibility index (Phi) is 7.27. The first-order valence-electron chi connectivity index (χ1n) is 7.23. The molecule has 0 spiro atoms. The highest BCUT2D eigenvalue weighted by Crippen LogP contribution is 2.24. The minimum atomic E-state index is 0. The van der Waals surface area contributed by atoms with Crippen LogP contribution in [0.5, 0.6) is 5.75 Å². The highest BCUT2D eigenvalue weighted by atomic mass is 35.5. The van der Waals surface area contributed by atoms with Gasteiger partial charge in [-0.2, -0.15) is 0 Å². The van der Waals surface area contributed by atoms with Gasteiger partial charge in [0.05, 0.1) is 0 Å². The lowest BCUT2D eigenvalue weighted by Gasteiger charge is -2.19. The molecule has 1 unspecified atom stereocenters. The van der Waals surface area contributed by atoms with Gasteiger partial charge in [0.25, 0.3) is 0 Å². The summed E-state index contributed by atoms with van der Waals surface area (Å²) < 4.78 is 5.77. The third-order valence-corrected chi connectivity index (χ3v) is 3.77. The summed E-state index contributed by atoms with van der Waals surface area (Å²) in [6.07, 6.45) is 1.09. The zero-order valence-corrected chi connectivity index (χ0v) is 13.5. The molecule has 0 aliphatic rings. The monoisotopic (exact) mass is 305 g/mol. The van der Waals surface area contributed by atoms with E-state index in [1.165, 1.54) is 11.1 Å². The van der Waals surface area contributed by atoms with Crippen molar-refractivity contribution in [1.82, 2.24) is 0 Å². The molecule has 2 N–H and O–H groups in total. The minimum Gasteiger partial charge on any atom is -0.489 e. The molecule has 0 radical (unpaired) electrons. The van der Waals surface area contributed by atoms with Crippen molar-refractivity contribution in [2.45, 2.75) is 32.9 Å². The van der Waals surface area contributed by atoms with Crippen molar-refractivity contribution >= 4 is 12.4 Å². The summed E-state index contributed by atoms with van der Waals surface area (Å²) in [5.41, 5.74) is 8.57. The summed E-state index contributed by atoms with van der Waals surface area (Å²) in [7, 11) is 0. The molecule has 0 fully saturated rings. The number of nitrogens with two attached hydrogens (primary N) is 1. The molecule has 2 atom stereocenters. The van der Waals surface area contributed by atoms with E-state index in [1.54, 1.807) is 0 Å². The fourth-order valence-electron chi connectivity index (χ4n) is 2.11. The van der Waals surface area contributed by atoms with Gasteiger partial charge in [-0.25, -0.2) is 0 Å². The molecule has 2 rings (SSSR count). The maximum absolute atomic E-state index is 6.22. The van der Waals surface area contributed by atoms with Crippen molar-refractivity contribution in [1.29, 1.82) is 0 Å². The molecular formula is C18H24ClNO. The van der Waals surface area contributed by atoms with E-state index in [-0.39, 0.29) is 18.4 Å². The summed E-state index contributed by atoms with van der Waals surface area (Å²) >= 11 is 0. The van der Waals surface area contributed by atoms with Gasteiger partial charge < -0.3 is 10.5 Å². The number of hydrogen-bond acceptors (Lipinski definition) is 2. The molecule has 0 amide bonds. The van der Waals surface area contributed by atoms with Gasteiger partial charge in [0, 0.05) is 6.04 Å². The Bertz CT molecular complexity index is 513. The van der Waals surface area contributed by atoms with Crippen LogP contribution in [0.15, 0.2) is 54.6 Å². The van der Waals surface area contributed by atoms with E-state index in [0.29, 0.717) is 12.5 Å². The second-order valence-electron chi connectivity index (χ2n) is 5.25. The molecule has 114 valence electrons. The molecule has 2 aromatic rings. The SMILES string of the molecule is CCC(C)[C@@H](N)c1ccc(OCc2ccccc2)cc1.Cl. The Balaban J connectivity index is 0.00000220. The first-order valence-corrected chi connectivity index (χ1v) is 7.23. The quantitative estimate of drug-likeness (QED) is 0.837. The van der Waals surface area contributed by atoms with Crippen molar-refractivity contribution in [3.63, 3.8) is 0 Å². The molecule has 21 heavy (non-hydrogen) atoms. The topological polar surface area (TPSA) is 35.2 Å². The maximum atomic E-state index is 6.22. The van der Waals surface area contributed by atoms with Crippen molar-refractivity contribution in [3.05, 3.63) is 65.7 Å². The van der Waals surface area contributed by atoms with Crippen LogP contribution in [0.4, 0.5) is 0 Å². The highest BCUT2D eigenvalue weighted by molar-refractivity contribution is 5.85. The van der Waals surface area contributed by atoms with E-state index < -0.39 is 0 Å². The number of ether oxygens (including phenoxy) is 1.